The first-order valence-corrected chi connectivity index (χ1v) is 9.25. The van der Waals surface area contributed by atoms with Gasteiger partial charge in [0.15, 0.2) is 0 Å². The molecule has 2 aliphatic rings. The van der Waals surface area contributed by atoms with Crippen LogP contribution >= 0.6 is 0 Å². The minimum Gasteiger partial charge on any atom is -0.379 e. The number of benzene rings is 1. The number of para-hydroxylation sites is 1. The van der Waals surface area contributed by atoms with E-state index in [0.717, 1.165) is 30.5 Å². The summed E-state index contributed by atoms with van der Waals surface area (Å²) < 4.78 is 7.57. The third-order valence-electron chi connectivity index (χ3n) is 5.46. The van der Waals surface area contributed by atoms with Crippen LogP contribution in [0.1, 0.15) is 25.0 Å². The van der Waals surface area contributed by atoms with E-state index in [1.807, 2.05) is 52.2 Å². The van der Waals surface area contributed by atoms with E-state index < -0.39 is 0 Å². The molecule has 2 aromatic rings. The molecular formula is C20H25N3O2. The fourth-order valence-electron chi connectivity index (χ4n) is 3.71. The zero-order valence-electron chi connectivity index (χ0n) is 14.5. The van der Waals surface area contributed by atoms with Crippen LogP contribution in [0, 0.1) is 11.8 Å². The molecule has 25 heavy (non-hydrogen) atoms. The Morgan fingerprint density at radius 1 is 1.16 bits per heavy atom. The van der Waals surface area contributed by atoms with Gasteiger partial charge in [0.05, 0.1) is 31.0 Å². The number of hydrogen-bond donors (Lipinski definition) is 0. The molecule has 0 radical (unpaired) electrons. The summed E-state index contributed by atoms with van der Waals surface area (Å²) >= 11 is 0. The molecule has 1 aromatic heterocycles. The summed E-state index contributed by atoms with van der Waals surface area (Å²) in [5, 5.41) is 4.56. The van der Waals surface area contributed by atoms with Crippen LogP contribution in [-0.2, 0) is 16.0 Å². The molecule has 1 saturated heterocycles. The normalized spacial score (nSPS) is 21.6. The minimum absolute atomic E-state index is 0.160. The molecule has 2 heterocycles. The molecule has 2 fully saturated rings. The Balaban J connectivity index is 1.40. The second-order valence-electron chi connectivity index (χ2n) is 7.13. The molecule has 1 unspecified atom stereocenters. The third kappa shape index (κ3) is 3.76. The van der Waals surface area contributed by atoms with Crippen molar-refractivity contribution in [3.05, 3.63) is 48.3 Å². The van der Waals surface area contributed by atoms with Gasteiger partial charge in [0.25, 0.3) is 0 Å². The largest absolute Gasteiger partial charge is 0.379 e. The van der Waals surface area contributed by atoms with Crippen LogP contribution in [-0.4, -0.2) is 46.9 Å². The maximum Gasteiger partial charge on any atom is 0.228 e. The quantitative estimate of drug-likeness (QED) is 0.860. The Bertz CT molecular complexity index is 709. The summed E-state index contributed by atoms with van der Waals surface area (Å²) in [6, 6.07) is 11.9. The highest BCUT2D eigenvalue weighted by atomic mass is 16.5. The van der Waals surface area contributed by atoms with Gasteiger partial charge in [0.2, 0.25) is 5.91 Å². The van der Waals surface area contributed by atoms with Crippen LogP contribution in [0.3, 0.4) is 0 Å². The van der Waals surface area contributed by atoms with Crippen molar-refractivity contribution >= 4 is 5.91 Å². The van der Waals surface area contributed by atoms with E-state index in [4.69, 9.17) is 4.74 Å². The predicted molar refractivity (Wildman–Crippen MR) is 95.5 cm³/mol. The average Bonchev–Trinajstić information content (AvgIpc) is 2.91. The van der Waals surface area contributed by atoms with Crippen LogP contribution in [0.15, 0.2) is 42.6 Å². The van der Waals surface area contributed by atoms with Gasteiger partial charge in [-0.2, -0.15) is 5.10 Å². The lowest BCUT2D eigenvalue weighted by atomic mass is 9.76. The first kappa shape index (κ1) is 16.3. The zero-order valence-corrected chi connectivity index (χ0v) is 14.5. The number of nitrogens with zero attached hydrogens (tertiary/aromatic N) is 3. The molecule has 0 N–H and O–H groups in total. The highest BCUT2D eigenvalue weighted by Gasteiger charge is 2.31. The third-order valence-corrected chi connectivity index (χ3v) is 5.46. The van der Waals surface area contributed by atoms with Crippen molar-refractivity contribution in [3.8, 4) is 5.69 Å². The van der Waals surface area contributed by atoms with Crippen LogP contribution in [0.4, 0.5) is 0 Å². The van der Waals surface area contributed by atoms with E-state index in [9.17, 15) is 4.79 Å². The molecule has 5 nitrogen and oxygen atoms in total. The lowest BCUT2D eigenvalue weighted by Gasteiger charge is -2.34. The van der Waals surface area contributed by atoms with Crippen LogP contribution in [0.5, 0.6) is 0 Å². The molecule has 1 aromatic carbocycles. The zero-order chi connectivity index (χ0) is 17.1. The summed E-state index contributed by atoms with van der Waals surface area (Å²) in [5.41, 5.74) is 1.83. The number of hydrogen-bond acceptors (Lipinski definition) is 3. The topological polar surface area (TPSA) is 47.4 Å². The number of carbonyl (C=O) groups is 1. The first-order valence-electron chi connectivity index (χ1n) is 9.25. The van der Waals surface area contributed by atoms with Gasteiger partial charge >= 0.3 is 0 Å². The Kier molecular flexibility index (Phi) is 4.83. The van der Waals surface area contributed by atoms with Crippen molar-refractivity contribution in [1.29, 1.82) is 0 Å². The van der Waals surface area contributed by atoms with Crippen molar-refractivity contribution in [2.24, 2.45) is 11.8 Å². The fraction of sp³-hybridized carbons (Fsp3) is 0.500. The van der Waals surface area contributed by atoms with E-state index in [0.29, 0.717) is 25.5 Å². The minimum atomic E-state index is 0.160. The Morgan fingerprint density at radius 2 is 2.00 bits per heavy atom. The van der Waals surface area contributed by atoms with Crippen molar-refractivity contribution in [3.63, 3.8) is 0 Å². The Labute approximate surface area is 148 Å². The van der Waals surface area contributed by atoms with E-state index in [1.54, 1.807) is 0 Å². The van der Waals surface area contributed by atoms with Crippen molar-refractivity contribution in [2.75, 3.05) is 26.3 Å². The maximum absolute atomic E-state index is 12.8. The standard InChI is InChI=1S/C20H25N3O2/c24-20(22-11-12-25-15-17(14-22)16-5-4-6-16)13-18-9-10-23(21-18)19-7-2-1-3-8-19/h1-3,7-10,16-17H,4-6,11-15H2. The average molecular weight is 339 g/mol. The van der Waals surface area contributed by atoms with E-state index >= 15 is 0 Å². The number of amides is 1. The van der Waals surface area contributed by atoms with Gasteiger partial charge in [-0.05, 0) is 24.1 Å². The molecular weight excluding hydrogens is 314 g/mol. The lowest BCUT2D eigenvalue weighted by Crippen LogP contribution is -2.40. The van der Waals surface area contributed by atoms with Crippen LogP contribution in [0.2, 0.25) is 0 Å². The molecule has 132 valence electrons. The second kappa shape index (κ2) is 7.40. The molecule has 4 rings (SSSR count). The molecule has 1 atom stereocenters. The number of aromatic nitrogens is 2. The van der Waals surface area contributed by atoms with E-state index in [-0.39, 0.29) is 5.91 Å². The van der Waals surface area contributed by atoms with Crippen LogP contribution < -0.4 is 0 Å². The van der Waals surface area contributed by atoms with E-state index in [2.05, 4.69) is 5.10 Å². The fourth-order valence-corrected chi connectivity index (χ4v) is 3.71. The predicted octanol–water partition coefficient (Wildman–Crippen LogP) is 2.69. The molecule has 1 aliphatic carbocycles. The summed E-state index contributed by atoms with van der Waals surface area (Å²) in [6.07, 6.45) is 6.18. The Morgan fingerprint density at radius 3 is 2.76 bits per heavy atom. The van der Waals surface area contributed by atoms with Crippen molar-refractivity contribution < 1.29 is 9.53 Å². The second-order valence-corrected chi connectivity index (χ2v) is 7.13. The molecule has 0 spiro atoms. The monoisotopic (exact) mass is 339 g/mol. The summed E-state index contributed by atoms with van der Waals surface area (Å²) in [4.78, 5) is 14.7. The smallest absolute Gasteiger partial charge is 0.228 e. The molecule has 1 saturated carbocycles. The summed E-state index contributed by atoms with van der Waals surface area (Å²) in [5.74, 6) is 1.40. The van der Waals surface area contributed by atoms with Gasteiger partial charge in [-0.25, -0.2) is 4.68 Å². The number of ether oxygens (including phenoxy) is 1. The highest BCUT2D eigenvalue weighted by molar-refractivity contribution is 5.78. The van der Waals surface area contributed by atoms with Gasteiger partial charge in [0.1, 0.15) is 0 Å². The molecule has 0 bridgehead atoms. The molecule has 1 aliphatic heterocycles. The highest BCUT2D eigenvalue weighted by Crippen LogP contribution is 2.34. The van der Waals surface area contributed by atoms with E-state index in [1.165, 1.54) is 19.3 Å². The van der Waals surface area contributed by atoms with Gasteiger partial charge in [-0.3, -0.25) is 4.79 Å². The van der Waals surface area contributed by atoms with Gasteiger partial charge < -0.3 is 9.64 Å². The Hall–Kier alpha value is -2.14. The van der Waals surface area contributed by atoms with Gasteiger partial charge in [-0.15, -0.1) is 0 Å². The number of carbonyl (C=O) groups excluding carboxylic acids is 1. The molecule has 5 heteroatoms. The van der Waals surface area contributed by atoms with Crippen molar-refractivity contribution in [1.82, 2.24) is 14.7 Å². The maximum atomic E-state index is 12.8. The van der Waals surface area contributed by atoms with Crippen LogP contribution in [0.25, 0.3) is 5.69 Å². The molecule has 1 amide bonds. The SMILES string of the molecule is O=C(Cc1ccn(-c2ccccc2)n1)N1CCOCC(C2CCC2)C1. The lowest BCUT2D eigenvalue weighted by molar-refractivity contribution is -0.131. The number of rotatable bonds is 4. The first-order chi connectivity index (χ1) is 12.3. The van der Waals surface area contributed by atoms with Gasteiger partial charge in [0, 0.05) is 25.2 Å². The van der Waals surface area contributed by atoms with Gasteiger partial charge in [-0.1, -0.05) is 37.5 Å². The summed E-state index contributed by atoms with van der Waals surface area (Å²) in [6.45, 7) is 2.98. The summed E-state index contributed by atoms with van der Waals surface area (Å²) in [7, 11) is 0. The van der Waals surface area contributed by atoms with Crippen molar-refractivity contribution in [2.45, 2.75) is 25.7 Å².